The number of nitriles is 1. The second-order valence-corrected chi connectivity index (χ2v) is 11.0. The van der Waals surface area contributed by atoms with E-state index in [1.54, 1.807) is 0 Å². The van der Waals surface area contributed by atoms with Gasteiger partial charge in [-0.2, -0.15) is 5.26 Å². The Labute approximate surface area is 234 Å². The molecule has 192 valence electrons. The predicted octanol–water partition coefficient (Wildman–Crippen LogP) is 9.25. The van der Waals surface area contributed by atoms with Gasteiger partial charge in [0.2, 0.25) is 0 Å². The lowest BCUT2D eigenvalue weighted by Gasteiger charge is -2.31. The molecule has 0 fully saturated rings. The van der Waals surface area contributed by atoms with Gasteiger partial charge in [0.15, 0.2) is 0 Å². The van der Waals surface area contributed by atoms with E-state index >= 15 is 0 Å². The number of para-hydroxylation sites is 3. The van der Waals surface area contributed by atoms with Crippen LogP contribution in [-0.4, -0.2) is 4.57 Å². The molecule has 3 nitrogen and oxygen atoms in total. The molecule has 3 heteroatoms. The number of aromatic nitrogens is 1. The highest BCUT2D eigenvalue weighted by molar-refractivity contribution is 6.12. The summed E-state index contributed by atoms with van der Waals surface area (Å²) < 4.78 is 2.44. The maximum atomic E-state index is 10.1. The van der Waals surface area contributed by atoms with Crippen molar-refractivity contribution in [1.82, 2.24) is 4.57 Å². The molecule has 0 radical (unpaired) electrons. The lowest BCUT2D eigenvalue weighted by Crippen LogP contribution is -2.22. The Morgan fingerprint density at radius 3 is 2.55 bits per heavy atom. The first-order valence-electron chi connectivity index (χ1n) is 14.3. The van der Waals surface area contributed by atoms with E-state index in [9.17, 15) is 5.26 Å². The fourth-order valence-corrected chi connectivity index (χ4v) is 7.25. The number of rotatable bonds is 3. The van der Waals surface area contributed by atoms with Crippen LogP contribution in [-0.2, 0) is 0 Å². The molecular weight excluding hydrogens is 486 g/mol. The van der Waals surface area contributed by atoms with Crippen molar-refractivity contribution in [2.24, 2.45) is 0 Å². The Kier molecular flexibility index (Phi) is 5.28. The van der Waals surface area contributed by atoms with Crippen LogP contribution in [0.2, 0.25) is 0 Å². The van der Waals surface area contributed by atoms with Crippen LogP contribution in [0.5, 0.6) is 0 Å². The van der Waals surface area contributed by atoms with Crippen LogP contribution in [0, 0.1) is 11.3 Å². The Balaban J connectivity index is 1.45. The van der Waals surface area contributed by atoms with Gasteiger partial charge in [0.25, 0.3) is 0 Å². The molecule has 2 heterocycles. The largest absolute Gasteiger partial charge is 0.331 e. The number of anilines is 1. The molecule has 3 aliphatic carbocycles. The van der Waals surface area contributed by atoms with E-state index in [0.29, 0.717) is 5.92 Å². The zero-order valence-electron chi connectivity index (χ0n) is 22.3. The lowest BCUT2D eigenvalue weighted by atomic mass is 9.85. The van der Waals surface area contributed by atoms with Gasteiger partial charge in [0.1, 0.15) is 0 Å². The molecule has 0 saturated heterocycles. The molecule has 0 spiro atoms. The van der Waals surface area contributed by atoms with Gasteiger partial charge >= 0.3 is 0 Å². The van der Waals surface area contributed by atoms with Crippen molar-refractivity contribution in [1.29, 1.82) is 5.26 Å². The van der Waals surface area contributed by atoms with Crippen LogP contribution < -0.4 is 4.90 Å². The van der Waals surface area contributed by atoms with Crippen molar-refractivity contribution in [2.75, 3.05) is 4.90 Å². The zero-order chi connectivity index (χ0) is 26.6. The average Bonchev–Trinajstić information content (AvgIpc) is 3.55. The standard InChI is InChI=1S/C37H29N3/c38-24-25-12-4-7-21-33(25)40-35-23-9-6-16-28(35)30-18-11-20-32(37(30)40)31-19-10-17-29-27-15-5-8-22-34(27)39(36(29)31)26-13-2-1-3-14-26/h1-2,4-13,15-16,18-20,22-23,29,33H,3,14,17,21H2. The summed E-state index contributed by atoms with van der Waals surface area (Å²) in [4.78, 5) is 2.55. The van der Waals surface area contributed by atoms with Crippen LogP contribution in [0.1, 0.15) is 48.8 Å². The van der Waals surface area contributed by atoms with Crippen molar-refractivity contribution in [2.45, 2.75) is 37.6 Å². The number of hydrogen-bond acceptors (Lipinski definition) is 2. The van der Waals surface area contributed by atoms with Crippen LogP contribution >= 0.6 is 0 Å². The minimum absolute atomic E-state index is 0.0319. The third kappa shape index (κ3) is 3.29. The second kappa shape index (κ2) is 9.14. The SMILES string of the molecule is N#CC1=CC=CCC1n1c2ccccc2c2cccc(C3=C4C(CC=C3)c3ccccc3N4C3=CC=CCC3)c21. The first kappa shape index (κ1) is 23.1. The highest BCUT2D eigenvalue weighted by atomic mass is 15.2. The fourth-order valence-electron chi connectivity index (χ4n) is 7.25. The summed E-state index contributed by atoms with van der Waals surface area (Å²) >= 11 is 0. The Hall–Kier alpha value is -4.81. The van der Waals surface area contributed by atoms with Crippen molar-refractivity contribution >= 4 is 33.1 Å². The average molecular weight is 516 g/mol. The fraction of sp³-hybridized carbons (Fsp3) is 0.162. The Bertz CT molecular complexity index is 1930. The summed E-state index contributed by atoms with van der Waals surface area (Å²) in [5.41, 5.74) is 11.2. The normalized spacial score (nSPS) is 21.4. The van der Waals surface area contributed by atoms with Gasteiger partial charge in [-0.05, 0) is 55.5 Å². The molecule has 40 heavy (non-hydrogen) atoms. The molecule has 4 aromatic rings. The highest BCUT2D eigenvalue weighted by Gasteiger charge is 2.38. The van der Waals surface area contributed by atoms with Crippen LogP contribution in [0.25, 0.3) is 27.4 Å². The third-order valence-electron chi connectivity index (χ3n) is 8.93. The first-order valence-corrected chi connectivity index (χ1v) is 14.3. The van der Waals surface area contributed by atoms with Crippen molar-refractivity contribution in [3.8, 4) is 6.07 Å². The quantitative estimate of drug-likeness (QED) is 0.272. The van der Waals surface area contributed by atoms with Crippen LogP contribution in [0.4, 0.5) is 5.69 Å². The van der Waals surface area contributed by atoms with Gasteiger partial charge in [-0.15, -0.1) is 0 Å². The molecule has 8 rings (SSSR count). The van der Waals surface area contributed by atoms with Crippen molar-refractivity contribution in [3.05, 3.63) is 143 Å². The van der Waals surface area contributed by atoms with Gasteiger partial charge in [-0.3, -0.25) is 0 Å². The third-order valence-corrected chi connectivity index (χ3v) is 8.93. The second-order valence-electron chi connectivity index (χ2n) is 11.0. The number of benzene rings is 3. The van der Waals surface area contributed by atoms with Gasteiger partial charge in [-0.1, -0.05) is 91.1 Å². The van der Waals surface area contributed by atoms with E-state index in [-0.39, 0.29) is 6.04 Å². The number of nitrogens with zero attached hydrogens (tertiary/aromatic N) is 3. The molecule has 0 amide bonds. The minimum Gasteiger partial charge on any atom is -0.331 e. The molecule has 2 atom stereocenters. The summed E-state index contributed by atoms with van der Waals surface area (Å²) in [6, 6.07) is 26.8. The summed E-state index contributed by atoms with van der Waals surface area (Å²) in [7, 11) is 0. The molecule has 0 saturated carbocycles. The van der Waals surface area contributed by atoms with E-state index in [4.69, 9.17) is 0 Å². The monoisotopic (exact) mass is 515 g/mol. The van der Waals surface area contributed by atoms with Crippen molar-refractivity contribution < 1.29 is 0 Å². The Morgan fingerprint density at radius 2 is 1.65 bits per heavy atom. The number of hydrogen-bond donors (Lipinski definition) is 0. The van der Waals surface area contributed by atoms with E-state index in [1.807, 2.05) is 12.2 Å². The molecule has 1 aliphatic heterocycles. The molecule has 1 aromatic heterocycles. The van der Waals surface area contributed by atoms with E-state index in [2.05, 4.69) is 119 Å². The smallest absolute Gasteiger partial charge is 0.0969 e. The zero-order valence-corrected chi connectivity index (χ0v) is 22.3. The van der Waals surface area contributed by atoms with Gasteiger partial charge in [-0.25, -0.2) is 0 Å². The van der Waals surface area contributed by atoms with Gasteiger partial charge < -0.3 is 9.47 Å². The number of allylic oxidation sites excluding steroid dienone is 12. The van der Waals surface area contributed by atoms with E-state index in [0.717, 1.165) is 31.3 Å². The predicted molar refractivity (Wildman–Crippen MR) is 165 cm³/mol. The highest BCUT2D eigenvalue weighted by Crippen LogP contribution is 2.53. The van der Waals surface area contributed by atoms with Crippen LogP contribution in [0.3, 0.4) is 0 Å². The number of fused-ring (bicyclic) bond motifs is 6. The minimum atomic E-state index is -0.0319. The molecule has 0 bridgehead atoms. The van der Waals surface area contributed by atoms with Crippen LogP contribution in [0.15, 0.2) is 132 Å². The van der Waals surface area contributed by atoms with E-state index in [1.165, 1.54) is 55.6 Å². The molecule has 3 aromatic carbocycles. The summed E-state index contributed by atoms with van der Waals surface area (Å²) in [6.07, 6.45) is 21.6. The topological polar surface area (TPSA) is 32.0 Å². The van der Waals surface area contributed by atoms with Gasteiger partial charge in [0, 0.05) is 50.4 Å². The molecule has 2 unspecified atom stereocenters. The summed E-state index contributed by atoms with van der Waals surface area (Å²) in [5, 5.41) is 12.6. The maximum absolute atomic E-state index is 10.1. The lowest BCUT2D eigenvalue weighted by molar-refractivity contribution is 0.626. The molecule has 4 aliphatic rings. The first-order chi connectivity index (χ1) is 19.8. The summed E-state index contributed by atoms with van der Waals surface area (Å²) in [5.74, 6) is 0.322. The molecular formula is C37H29N3. The van der Waals surface area contributed by atoms with E-state index < -0.39 is 0 Å². The maximum Gasteiger partial charge on any atom is 0.0969 e. The summed E-state index contributed by atoms with van der Waals surface area (Å²) in [6.45, 7) is 0. The molecule has 0 N–H and O–H groups in total. The Morgan fingerprint density at radius 1 is 0.800 bits per heavy atom. The van der Waals surface area contributed by atoms with Crippen molar-refractivity contribution in [3.63, 3.8) is 0 Å². The van der Waals surface area contributed by atoms with Gasteiger partial charge in [0.05, 0.1) is 23.2 Å².